The molecule has 1 aliphatic carbocycles. The molecule has 1 aliphatic rings. The molecule has 0 radical (unpaired) electrons. The fourth-order valence-electron chi connectivity index (χ4n) is 4.91. The summed E-state index contributed by atoms with van der Waals surface area (Å²) in [7, 11) is 0. The van der Waals surface area contributed by atoms with Crippen molar-refractivity contribution in [1.82, 2.24) is 19.7 Å². The second kappa shape index (κ2) is 11.2. The number of carbonyl (C=O) groups is 3. The van der Waals surface area contributed by atoms with Crippen molar-refractivity contribution in [3.05, 3.63) is 45.5 Å². The van der Waals surface area contributed by atoms with Crippen LogP contribution < -0.4 is 0 Å². The van der Waals surface area contributed by atoms with E-state index in [1.165, 1.54) is 12.4 Å². The van der Waals surface area contributed by atoms with Gasteiger partial charge in [-0.15, -0.1) is 0 Å². The predicted molar refractivity (Wildman–Crippen MR) is 134 cm³/mol. The number of pyridine rings is 1. The van der Waals surface area contributed by atoms with E-state index in [4.69, 9.17) is 23.2 Å². The predicted octanol–water partition coefficient (Wildman–Crippen LogP) is 6.04. The Morgan fingerprint density at radius 2 is 1.71 bits per heavy atom. The standard InChI is InChI=1S/C25H29Cl2F3N4O4/c1-13-7-14(5-6-15(13)23(37)38)34-21(25(28,29)30)16(8-32-34)22(36)33(12-24(2,3)4)11-19(35)20-17(26)9-31-10-18(20)27/h8-10,13-15H,5-7,11-12H2,1-4H3,(H,37,38)/t13-,14+,15+/m1/s1. The van der Waals surface area contributed by atoms with Crippen LogP contribution in [0.1, 0.15) is 79.4 Å². The molecule has 0 spiro atoms. The lowest BCUT2D eigenvalue weighted by atomic mass is 9.78. The highest BCUT2D eigenvalue weighted by atomic mass is 35.5. The summed E-state index contributed by atoms with van der Waals surface area (Å²) in [4.78, 5) is 43.0. The Morgan fingerprint density at radius 1 is 1.11 bits per heavy atom. The lowest BCUT2D eigenvalue weighted by Crippen LogP contribution is -2.42. The number of Topliss-reactive ketones (excluding diaryl/α,β-unsaturated/α-hetero) is 1. The van der Waals surface area contributed by atoms with E-state index in [1.807, 2.05) is 0 Å². The Hall–Kier alpha value is -2.66. The summed E-state index contributed by atoms with van der Waals surface area (Å²) in [6.45, 7) is 6.41. The van der Waals surface area contributed by atoms with Crippen LogP contribution in [0.4, 0.5) is 13.2 Å². The van der Waals surface area contributed by atoms with Crippen molar-refractivity contribution < 1.29 is 32.7 Å². The van der Waals surface area contributed by atoms with Crippen LogP contribution in [0.25, 0.3) is 0 Å². The highest BCUT2D eigenvalue weighted by Gasteiger charge is 2.44. The van der Waals surface area contributed by atoms with Crippen LogP contribution in [0, 0.1) is 17.3 Å². The normalized spacial score (nSPS) is 20.3. The summed E-state index contributed by atoms with van der Waals surface area (Å²) in [5.74, 6) is -3.68. The van der Waals surface area contributed by atoms with Gasteiger partial charge in [0.05, 0.1) is 45.9 Å². The van der Waals surface area contributed by atoms with Gasteiger partial charge in [-0.25, -0.2) is 0 Å². The van der Waals surface area contributed by atoms with Crippen LogP contribution in [0.15, 0.2) is 18.6 Å². The third kappa shape index (κ3) is 6.66. The maximum Gasteiger partial charge on any atom is 0.433 e. The van der Waals surface area contributed by atoms with E-state index in [9.17, 15) is 32.7 Å². The number of carbonyl (C=O) groups excluding carboxylic acids is 2. The molecule has 1 saturated carbocycles. The lowest BCUT2D eigenvalue weighted by Gasteiger charge is -2.33. The number of aliphatic carboxylic acids is 1. The molecule has 1 N–H and O–H groups in total. The van der Waals surface area contributed by atoms with Crippen LogP contribution in [-0.4, -0.2) is 55.5 Å². The second-order valence-corrected chi connectivity index (χ2v) is 11.7. The van der Waals surface area contributed by atoms with Gasteiger partial charge in [0.1, 0.15) is 0 Å². The van der Waals surface area contributed by atoms with Crippen LogP contribution in [0.5, 0.6) is 0 Å². The first-order chi connectivity index (χ1) is 17.5. The molecule has 3 rings (SSSR count). The zero-order valence-electron chi connectivity index (χ0n) is 21.4. The van der Waals surface area contributed by atoms with Gasteiger partial charge in [0, 0.05) is 18.9 Å². The highest BCUT2D eigenvalue weighted by Crippen LogP contribution is 2.41. The second-order valence-electron chi connectivity index (χ2n) is 10.9. The number of hydrogen-bond donors (Lipinski definition) is 1. The molecule has 208 valence electrons. The number of carboxylic acids is 1. The number of hydrogen-bond acceptors (Lipinski definition) is 5. The van der Waals surface area contributed by atoms with Crippen molar-refractivity contribution in [2.75, 3.05) is 13.1 Å². The number of nitrogens with zero attached hydrogens (tertiary/aromatic N) is 4. The lowest BCUT2D eigenvalue weighted by molar-refractivity contribution is -0.149. The molecule has 38 heavy (non-hydrogen) atoms. The molecule has 0 aromatic carbocycles. The van der Waals surface area contributed by atoms with Crippen molar-refractivity contribution in [1.29, 1.82) is 0 Å². The van der Waals surface area contributed by atoms with Crippen molar-refractivity contribution in [2.24, 2.45) is 17.3 Å². The van der Waals surface area contributed by atoms with Crippen LogP contribution in [-0.2, 0) is 11.0 Å². The van der Waals surface area contributed by atoms with E-state index < -0.39 is 59.0 Å². The molecule has 2 aromatic rings. The van der Waals surface area contributed by atoms with Crippen molar-refractivity contribution >= 4 is 40.9 Å². The van der Waals surface area contributed by atoms with Crippen LogP contribution in [0.3, 0.4) is 0 Å². The number of alkyl halides is 3. The summed E-state index contributed by atoms with van der Waals surface area (Å²) in [5, 5.41) is 13.2. The topological polar surface area (TPSA) is 105 Å². The zero-order valence-corrected chi connectivity index (χ0v) is 22.9. The molecule has 0 aliphatic heterocycles. The molecule has 2 aromatic heterocycles. The smallest absolute Gasteiger partial charge is 0.433 e. The van der Waals surface area contributed by atoms with E-state index in [-0.39, 0.29) is 47.3 Å². The fourth-order valence-corrected chi connectivity index (χ4v) is 5.48. The minimum absolute atomic E-state index is 0.0405. The van der Waals surface area contributed by atoms with E-state index in [2.05, 4.69) is 10.1 Å². The van der Waals surface area contributed by atoms with Gasteiger partial charge in [0.15, 0.2) is 11.5 Å². The minimum Gasteiger partial charge on any atom is -0.481 e. The first-order valence-corrected chi connectivity index (χ1v) is 12.8. The number of ketones is 1. The number of halogens is 5. The highest BCUT2D eigenvalue weighted by molar-refractivity contribution is 6.39. The Morgan fingerprint density at radius 3 is 2.21 bits per heavy atom. The van der Waals surface area contributed by atoms with Crippen molar-refractivity contribution in [3.8, 4) is 0 Å². The summed E-state index contributed by atoms with van der Waals surface area (Å²) in [6.07, 6.45) is -1.11. The molecule has 1 amide bonds. The summed E-state index contributed by atoms with van der Waals surface area (Å²) in [5.41, 5.74) is -2.55. The first kappa shape index (κ1) is 29.9. The van der Waals surface area contributed by atoms with E-state index in [1.54, 1.807) is 27.7 Å². The molecule has 0 unspecified atom stereocenters. The van der Waals surface area contributed by atoms with E-state index in [0.29, 0.717) is 0 Å². The molecule has 0 saturated heterocycles. The number of aromatic nitrogens is 3. The Balaban J connectivity index is 1.99. The molecule has 0 bridgehead atoms. The SMILES string of the molecule is C[C@@H]1C[C@@H](n2ncc(C(=O)N(CC(=O)c3c(Cl)cncc3Cl)CC(C)(C)C)c2C(F)(F)F)CC[C@@H]1C(=O)O. The average Bonchev–Trinajstić information content (AvgIpc) is 3.22. The summed E-state index contributed by atoms with van der Waals surface area (Å²) in [6, 6.07) is -0.731. The molecule has 8 nitrogen and oxygen atoms in total. The zero-order chi connectivity index (χ0) is 28.6. The molecular weight excluding hydrogens is 548 g/mol. The van der Waals surface area contributed by atoms with E-state index >= 15 is 0 Å². The molecule has 1 fully saturated rings. The van der Waals surface area contributed by atoms with Gasteiger partial charge >= 0.3 is 12.1 Å². The Labute approximate surface area is 228 Å². The monoisotopic (exact) mass is 576 g/mol. The average molecular weight is 577 g/mol. The van der Waals surface area contributed by atoms with Crippen molar-refractivity contribution in [2.45, 2.75) is 59.2 Å². The third-order valence-corrected chi connectivity index (χ3v) is 7.09. The van der Waals surface area contributed by atoms with Gasteiger partial charge in [-0.3, -0.25) is 24.0 Å². The molecule has 2 heterocycles. The largest absolute Gasteiger partial charge is 0.481 e. The Kier molecular flexibility index (Phi) is 8.82. The van der Waals surface area contributed by atoms with Crippen molar-refractivity contribution in [3.63, 3.8) is 0 Å². The van der Waals surface area contributed by atoms with Gasteiger partial charge in [0.25, 0.3) is 5.91 Å². The van der Waals surface area contributed by atoms with Crippen LogP contribution >= 0.6 is 23.2 Å². The molecular formula is C25H29Cl2F3N4O4. The maximum absolute atomic E-state index is 14.4. The minimum atomic E-state index is -4.93. The fraction of sp³-hybridized carbons (Fsp3) is 0.560. The maximum atomic E-state index is 14.4. The Bertz CT molecular complexity index is 1210. The van der Waals surface area contributed by atoms with Gasteiger partial charge < -0.3 is 10.0 Å². The first-order valence-electron chi connectivity index (χ1n) is 12.0. The molecule has 13 heteroatoms. The number of amides is 1. The quantitative estimate of drug-likeness (QED) is 0.403. The van der Waals surface area contributed by atoms with Gasteiger partial charge in [0.2, 0.25) is 0 Å². The van der Waals surface area contributed by atoms with E-state index in [0.717, 1.165) is 15.8 Å². The van der Waals surface area contributed by atoms with Gasteiger partial charge in [-0.2, -0.15) is 18.3 Å². The van der Waals surface area contributed by atoms with Gasteiger partial charge in [-0.1, -0.05) is 50.9 Å². The number of carboxylic acid groups (broad SMARTS) is 1. The van der Waals surface area contributed by atoms with Gasteiger partial charge in [-0.05, 0) is 30.6 Å². The number of rotatable bonds is 7. The molecule has 3 atom stereocenters. The van der Waals surface area contributed by atoms with Crippen LogP contribution in [0.2, 0.25) is 10.0 Å². The summed E-state index contributed by atoms with van der Waals surface area (Å²) < 4.78 is 43.9. The third-order valence-electron chi connectivity index (χ3n) is 6.52. The summed E-state index contributed by atoms with van der Waals surface area (Å²) >= 11 is 12.2.